The third kappa shape index (κ3) is 4.54. The molecule has 4 nitrogen and oxygen atoms in total. The number of esters is 2. The highest BCUT2D eigenvalue weighted by Crippen LogP contribution is 2.25. The van der Waals surface area contributed by atoms with E-state index in [1.54, 1.807) is 12.1 Å². The zero-order valence-electron chi connectivity index (χ0n) is 18.1. The van der Waals surface area contributed by atoms with E-state index in [1.807, 2.05) is 86.6 Å². The van der Waals surface area contributed by atoms with Gasteiger partial charge in [-0.3, -0.25) is 0 Å². The second-order valence-electron chi connectivity index (χ2n) is 7.46. The first kappa shape index (κ1) is 21.3. The average Bonchev–Trinajstić information content (AvgIpc) is 2.82. The fourth-order valence-corrected chi connectivity index (χ4v) is 3.76. The quantitative estimate of drug-likeness (QED) is 0.198. The van der Waals surface area contributed by atoms with Crippen molar-refractivity contribution in [2.75, 3.05) is 0 Å². The van der Waals surface area contributed by atoms with E-state index in [1.165, 1.54) is 0 Å². The third-order valence-corrected chi connectivity index (χ3v) is 5.43. The van der Waals surface area contributed by atoms with Gasteiger partial charge in [0.25, 0.3) is 0 Å². The molecule has 0 spiro atoms. The molecule has 4 aromatic carbocycles. The number of benzene rings is 4. The fraction of sp³-hybridized carbons (Fsp3) is 0.143. The van der Waals surface area contributed by atoms with Gasteiger partial charge in [0.05, 0.1) is 0 Å². The van der Waals surface area contributed by atoms with Crippen molar-refractivity contribution in [1.82, 2.24) is 0 Å². The Labute approximate surface area is 187 Å². The molecule has 0 atom stereocenters. The van der Waals surface area contributed by atoms with Gasteiger partial charge in [0.15, 0.2) is 0 Å². The number of hydrogen-bond donors (Lipinski definition) is 0. The Hall–Kier alpha value is -3.92. The predicted molar refractivity (Wildman–Crippen MR) is 127 cm³/mol. The highest BCUT2D eigenvalue weighted by Gasteiger charge is 2.22. The maximum absolute atomic E-state index is 12.9. The van der Waals surface area contributed by atoms with Gasteiger partial charge in [0.1, 0.15) is 11.5 Å². The topological polar surface area (TPSA) is 52.6 Å². The summed E-state index contributed by atoms with van der Waals surface area (Å²) in [7, 11) is 0. The molecule has 0 unspecified atom stereocenters. The third-order valence-electron chi connectivity index (χ3n) is 5.43. The van der Waals surface area contributed by atoms with Crippen molar-refractivity contribution in [3.63, 3.8) is 0 Å². The highest BCUT2D eigenvalue weighted by atomic mass is 16.5. The minimum Gasteiger partial charge on any atom is -0.423 e. The van der Waals surface area contributed by atoms with Crippen molar-refractivity contribution >= 4 is 33.5 Å². The predicted octanol–water partition coefficient (Wildman–Crippen LogP) is 6.62. The monoisotopic (exact) mass is 424 g/mol. The van der Waals surface area contributed by atoms with Crippen molar-refractivity contribution in [2.24, 2.45) is 0 Å². The van der Waals surface area contributed by atoms with E-state index in [0.717, 1.165) is 21.5 Å². The van der Waals surface area contributed by atoms with E-state index in [0.29, 0.717) is 35.5 Å². The summed E-state index contributed by atoms with van der Waals surface area (Å²) in [6.45, 7) is 3.66. The molecule has 0 bridgehead atoms. The maximum atomic E-state index is 12.9. The summed E-state index contributed by atoms with van der Waals surface area (Å²) in [6.07, 6.45) is 0.727. The van der Waals surface area contributed by atoms with Gasteiger partial charge in [0, 0.05) is 11.1 Å². The standard InChI is InChI=1S/C28H24O4/c1-3-25(27(29)31-23-15-13-19-9-5-7-11-21(19)17-23)26(4-2)28(30)32-24-16-14-20-10-6-8-12-22(20)18-24/h5-18H,3-4H2,1-2H3/b26-25+. The van der Waals surface area contributed by atoms with Crippen LogP contribution >= 0.6 is 0 Å². The molecule has 4 heteroatoms. The molecule has 0 radical (unpaired) electrons. The molecule has 160 valence electrons. The number of hydrogen-bond acceptors (Lipinski definition) is 4. The van der Waals surface area contributed by atoms with Gasteiger partial charge in [-0.2, -0.15) is 0 Å². The van der Waals surface area contributed by atoms with Crippen molar-refractivity contribution < 1.29 is 19.1 Å². The molecule has 0 aromatic heterocycles. The Kier molecular flexibility index (Phi) is 6.31. The zero-order chi connectivity index (χ0) is 22.5. The Morgan fingerprint density at radius 3 is 1.31 bits per heavy atom. The van der Waals surface area contributed by atoms with Crippen LogP contribution in [0.4, 0.5) is 0 Å². The summed E-state index contributed by atoms with van der Waals surface area (Å²) in [6, 6.07) is 26.7. The molecule has 4 rings (SSSR count). The number of rotatable bonds is 6. The van der Waals surface area contributed by atoms with Gasteiger partial charge < -0.3 is 9.47 Å². The van der Waals surface area contributed by atoms with Gasteiger partial charge in [-0.1, -0.05) is 74.5 Å². The van der Waals surface area contributed by atoms with Gasteiger partial charge in [-0.05, 0) is 58.7 Å². The second-order valence-corrected chi connectivity index (χ2v) is 7.46. The molecule has 0 N–H and O–H groups in total. The molecule has 32 heavy (non-hydrogen) atoms. The SMILES string of the molecule is CC/C(C(=O)Oc1ccc2ccccc2c1)=C(/CC)C(=O)Oc1ccc2ccccc2c1. The van der Waals surface area contributed by atoms with Crippen LogP contribution in [0.25, 0.3) is 21.5 Å². The van der Waals surface area contributed by atoms with Crippen LogP contribution in [0.3, 0.4) is 0 Å². The lowest BCUT2D eigenvalue weighted by Crippen LogP contribution is -2.19. The van der Waals surface area contributed by atoms with Gasteiger partial charge >= 0.3 is 11.9 Å². The fourth-order valence-electron chi connectivity index (χ4n) is 3.76. The normalized spacial score (nSPS) is 11.8. The average molecular weight is 424 g/mol. The molecule has 0 amide bonds. The van der Waals surface area contributed by atoms with E-state index >= 15 is 0 Å². The molecule has 4 aromatic rings. The van der Waals surface area contributed by atoms with E-state index in [2.05, 4.69) is 0 Å². The van der Waals surface area contributed by atoms with Crippen LogP contribution < -0.4 is 9.47 Å². The highest BCUT2D eigenvalue weighted by molar-refractivity contribution is 6.02. The zero-order valence-corrected chi connectivity index (χ0v) is 18.1. The van der Waals surface area contributed by atoms with Crippen molar-refractivity contribution in [1.29, 1.82) is 0 Å². The molecule has 0 heterocycles. The summed E-state index contributed by atoms with van der Waals surface area (Å²) in [5.41, 5.74) is 0.651. The second kappa shape index (κ2) is 9.48. The summed E-state index contributed by atoms with van der Waals surface area (Å²) < 4.78 is 11.2. The number of ether oxygens (including phenoxy) is 2. The first-order valence-corrected chi connectivity index (χ1v) is 10.7. The van der Waals surface area contributed by atoms with Crippen LogP contribution in [-0.2, 0) is 9.59 Å². The van der Waals surface area contributed by atoms with Gasteiger partial charge in [-0.15, -0.1) is 0 Å². The lowest BCUT2D eigenvalue weighted by Gasteiger charge is -2.13. The van der Waals surface area contributed by atoms with Crippen LogP contribution in [0, 0.1) is 0 Å². The van der Waals surface area contributed by atoms with Crippen molar-refractivity contribution in [3.05, 3.63) is 96.1 Å². The molecule has 0 aliphatic rings. The van der Waals surface area contributed by atoms with Crippen LogP contribution in [-0.4, -0.2) is 11.9 Å². The van der Waals surface area contributed by atoms with Crippen molar-refractivity contribution in [2.45, 2.75) is 26.7 Å². The molecule has 0 fully saturated rings. The summed E-state index contributed by atoms with van der Waals surface area (Å²) in [4.78, 5) is 25.8. The minimum atomic E-state index is -0.532. The molecule has 0 saturated heterocycles. The molecule has 0 aliphatic carbocycles. The summed E-state index contributed by atoms with van der Waals surface area (Å²) in [5.74, 6) is -0.179. The smallest absolute Gasteiger partial charge is 0.339 e. The van der Waals surface area contributed by atoms with E-state index in [-0.39, 0.29) is 0 Å². The molecular weight excluding hydrogens is 400 g/mol. The maximum Gasteiger partial charge on any atom is 0.339 e. The first-order valence-electron chi connectivity index (χ1n) is 10.7. The Balaban J connectivity index is 1.57. The number of fused-ring (bicyclic) bond motifs is 2. The molecule has 0 aliphatic heterocycles. The Morgan fingerprint density at radius 2 is 0.938 bits per heavy atom. The van der Waals surface area contributed by atoms with E-state index < -0.39 is 11.9 Å². The minimum absolute atomic E-state index is 0.325. The lowest BCUT2D eigenvalue weighted by atomic mass is 10.0. The van der Waals surface area contributed by atoms with Crippen molar-refractivity contribution in [3.8, 4) is 11.5 Å². The van der Waals surface area contributed by atoms with Gasteiger partial charge in [-0.25, -0.2) is 9.59 Å². The molecular formula is C28H24O4. The number of carbonyl (C=O) groups excluding carboxylic acids is 2. The lowest BCUT2D eigenvalue weighted by molar-refractivity contribution is -0.133. The Bertz CT molecular complexity index is 1230. The number of carbonyl (C=O) groups is 2. The van der Waals surface area contributed by atoms with Gasteiger partial charge in [0.2, 0.25) is 0 Å². The largest absolute Gasteiger partial charge is 0.423 e. The molecule has 0 saturated carbocycles. The van der Waals surface area contributed by atoms with Crippen LogP contribution in [0.5, 0.6) is 11.5 Å². The van der Waals surface area contributed by atoms with E-state index in [4.69, 9.17) is 9.47 Å². The summed E-state index contributed by atoms with van der Waals surface area (Å²) in [5, 5.41) is 4.08. The van der Waals surface area contributed by atoms with Crippen LogP contribution in [0.15, 0.2) is 96.1 Å². The first-order chi connectivity index (χ1) is 15.6. The van der Waals surface area contributed by atoms with E-state index in [9.17, 15) is 9.59 Å². The van der Waals surface area contributed by atoms with Crippen LogP contribution in [0.2, 0.25) is 0 Å². The van der Waals surface area contributed by atoms with Crippen LogP contribution in [0.1, 0.15) is 26.7 Å². The summed E-state index contributed by atoms with van der Waals surface area (Å²) >= 11 is 0. The Morgan fingerprint density at radius 1 is 0.562 bits per heavy atom.